The van der Waals surface area contributed by atoms with Gasteiger partial charge in [-0.3, -0.25) is 0 Å². The van der Waals surface area contributed by atoms with E-state index in [1.807, 2.05) is 6.07 Å². The fourth-order valence-corrected chi connectivity index (χ4v) is 2.81. The molecule has 1 aromatic carbocycles. The number of benzene rings is 1. The van der Waals surface area contributed by atoms with Crippen molar-refractivity contribution in [1.29, 1.82) is 0 Å². The molecule has 94 valence electrons. The molecule has 0 aliphatic carbocycles. The van der Waals surface area contributed by atoms with Gasteiger partial charge in [0.15, 0.2) is 0 Å². The van der Waals surface area contributed by atoms with Crippen molar-refractivity contribution in [3.8, 4) is 0 Å². The predicted molar refractivity (Wildman–Crippen MR) is 72.8 cm³/mol. The summed E-state index contributed by atoms with van der Waals surface area (Å²) < 4.78 is 0. The largest absolute Gasteiger partial charge is 0.323 e. The monoisotopic (exact) mass is 232 g/mol. The molecule has 1 aromatic rings. The summed E-state index contributed by atoms with van der Waals surface area (Å²) in [7, 11) is 0. The van der Waals surface area contributed by atoms with E-state index in [2.05, 4.69) is 36.1 Å². The van der Waals surface area contributed by atoms with Crippen LogP contribution >= 0.6 is 0 Å². The Morgan fingerprint density at radius 1 is 1.35 bits per heavy atom. The molecule has 0 spiro atoms. The summed E-state index contributed by atoms with van der Waals surface area (Å²) in [5.41, 5.74) is 7.51. The number of rotatable bonds is 5. The van der Waals surface area contributed by atoms with Crippen molar-refractivity contribution in [3.63, 3.8) is 0 Å². The molecular weight excluding hydrogens is 208 g/mol. The highest BCUT2D eigenvalue weighted by Gasteiger charge is 2.23. The molecule has 0 bridgehead atoms. The lowest BCUT2D eigenvalue weighted by Gasteiger charge is -2.21. The lowest BCUT2D eigenvalue weighted by molar-refractivity contribution is 0.300. The van der Waals surface area contributed by atoms with Crippen molar-refractivity contribution >= 4 is 0 Å². The van der Waals surface area contributed by atoms with Gasteiger partial charge in [0.05, 0.1) is 0 Å². The second-order valence-corrected chi connectivity index (χ2v) is 5.22. The summed E-state index contributed by atoms with van der Waals surface area (Å²) in [6, 6.07) is 10.6. The van der Waals surface area contributed by atoms with Crippen molar-refractivity contribution in [2.45, 2.75) is 32.2 Å². The van der Waals surface area contributed by atoms with Crippen molar-refractivity contribution in [2.24, 2.45) is 11.7 Å². The van der Waals surface area contributed by atoms with Crippen LogP contribution in [0.1, 0.15) is 37.8 Å². The van der Waals surface area contributed by atoms with Crippen molar-refractivity contribution in [2.75, 3.05) is 19.6 Å². The fraction of sp³-hybridized carbons (Fsp3) is 0.600. The number of nitrogens with zero attached hydrogens (tertiary/aromatic N) is 1. The Balaban J connectivity index is 1.82. The van der Waals surface area contributed by atoms with E-state index in [1.54, 1.807) is 0 Å². The van der Waals surface area contributed by atoms with Crippen molar-refractivity contribution in [1.82, 2.24) is 4.90 Å². The first kappa shape index (κ1) is 12.6. The number of likely N-dealkylation sites (tertiary alicyclic amines) is 1. The van der Waals surface area contributed by atoms with Crippen molar-refractivity contribution in [3.05, 3.63) is 35.9 Å². The minimum Gasteiger partial charge on any atom is -0.323 e. The molecule has 2 N–H and O–H groups in total. The molecule has 0 saturated carbocycles. The standard InChI is InChI=1S/C15H24N2/c1-2-6-13-9-10-17(11-13)12-15(16)14-7-4-3-5-8-14/h3-5,7-8,13,15H,2,6,9-12,16H2,1H3. The number of nitrogens with two attached hydrogens (primary N) is 1. The summed E-state index contributed by atoms with van der Waals surface area (Å²) >= 11 is 0. The van der Waals surface area contributed by atoms with Gasteiger partial charge in [0.25, 0.3) is 0 Å². The Labute approximate surface area is 105 Å². The SMILES string of the molecule is CCCC1CCN(CC(N)c2ccccc2)C1. The summed E-state index contributed by atoms with van der Waals surface area (Å²) in [6.45, 7) is 5.75. The zero-order chi connectivity index (χ0) is 12.1. The topological polar surface area (TPSA) is 29.3 Å². The second-order valence-electron chi connectivity index (χ2n) is 5.22. The van der Waals surface area contributed by atoms with Gasteiger partial charge in [0, 0.05) is 19.1 Å². The second kappa shape index (κ2) is 6.18. The van der Waals surface area contributed by atoms with Crippen LogP contribution in [0.2, 0.25) is 0 Å². The molecule has 1 saturated heterocycles. The van der Waals surface area contributed by atoms with E-state index in [0.29, 0.717) is 0 Å². The molecule has 2 unspecified atom stereocenters. The maximum absolute atomic E-state index is 6.25. The number of hydrogen-bond acceptors (Lipinski definition) is 2. The molecule has 1 aliphatic heterocycles. The highest BCUT2D eigenvalue weighted by atomic mass is 15.2. The molecule has 0 radical (unpaired) electrons. The Morgan fingerprint density at radius 2 is 2.12 bits per heavy atom. The van der Waals surface area contributed by atoms with Gasteiger partial charge in [-0.15, -0.1) is 0 Å². The van der Waals surface area contributed by atoms with Gasteiger partial charge in [0.2, 0.25) is 0 Å². The van der Waals surface area contributed by atoms with Gasteiger partial charge in [-0.05, 0) is 30.9 Å². The molecule has 2 heteroatoms. The molecule has 0 aromatic heterocycles. The van der Waals surface area contributed by atoms with Gasteiger partial charge in [-0.1, -0.05) is 43.7 Å². The predicted octanol–water partition coefficient (Wildman–Crippen LogP) is 2.81. The van der Waals surface area contributed by atoms with Crippen LogP contribution in [0.3, 0.4) is 0 Å². The third-order valence-corrected chi connectivity index (χ3v) is 3.75. The Hall–Kier alpha value is -0.860. The normalized spacial score (nSPS) is 22.8. The summed E-state index contributed by atoms with van der Waals surface area (Å²) in [5, 5.41) is 0. The summed E-state index contributed by atoms with van der Waals surface area (Å²) in [5.74, 6) is 0.906. The van der Waals surface area contributed by atoms with Crippen LogP contribution in [0.15, 0.2) is 30.3 Å². The first-order valence-corrected chi connectivity index (χ1v) is 6.82. The van der Waals surface area contributed by atoms with Crippen LogP contribution in [-0.4, -0.2) is 24.5 Å². The lowest BCUT2D eigenvalue weighted by Crippen LogP contribution is -2.30. The minimum atomic E-state index is 0.163. The number of hydrogen-bond donors (Lipinski definition) is 1. The van der Waals surface area contributed by atoms with Crippen LogP contribution in [-0.2, 0) is 0 Å². The van der Waals surface area contributed by atoms with Gasteiger partial charge < -0.3 is 10.6 Å². The van der Waals surface area contributed by atoms with E-state index < -0.39 is 0 Å². The van der Waals surface area contributed by atoms with E-state index in [4.69, 9.17) is 5.73 Å². The molecule has 2 atom stereocenters. The van der Waals surface area contributed by atoms with E-state index in [9.17, 15) is 0 Å². The molecule has 0 amide bonds. The van der Waals surface area contributed by atoms with Crippen LogP contribution in [0.5, 0.6) is 0 Å². The molecule has 1 aliphatic rings. The summed E-state index contributed by atoms with van der Waals surface area (Å²) in [4.78, 5) is 2.53. The molecule has 1 fully saturated rings. The van der Waals surface area contributed by atoms with Crippen LogP contribution in [0, 0.1) is 5.92 Å². The summed E-state index contributed by atoms with van der Waals surface area (Å²) in [6.07, 6.45) is 4.04. The van der Waals surface area contributed by atoms with Gasteiger partial charge in [-0.25, -0.2) is 0 Å². The lowest BCUT2D eigenvalue weighted by atomic mass is 10.0. The molecule has 1 heterocycles. The van der Waals surface area contributed by atoms with Gasteiger partial charge in [0.1, 0.15) is 0 Å². The molecule has 2 nitrogen and oxygen atoms in total. The van der Waals surface area contributed by atoms with Gasteiger partial charge >= 0.3 is 0 Å². The zero-order valence-corrected chi connectivity index (χ0v) is 10.8. The van der Waals surface area contributed by atoms with Gasteiger partial charge in [-0.2, -0.15) is 0 Å². The highest BCUT2D eigenvalue weighted by Crippen LogP contribution is 2.22. The fourth-order valence-electron chi connectivity index (χ4n) is 2.81. The average Bonchev–Trinajstić information content (AvgIpc) is 2.78. The molecule has 17 heavy (non-hydrogen) atoms. The third-order valence-electron chi connectivity index (χ3n) is 3.75. The Kier molecular flexibility index (Phi) is 4.57. The van der Waals surface area contributed by atoms with E-state index >= 15 is 0 Å². The highest BCUT2D eigenvalue weighted by molar-refractivity contribution is 5.18. The van der Waals surface area contributed by atoms with Crippen LogP contribution in [0.4, 0.5) is 0 Å². The quantitative estimate of drug-likeness (QED) is 0.846. The van der Waals surface area contributed by atoms with Crippen molar-refractivity contribution < 1.29 is 0 Å². The van der Waals surface area contributed by atoms with E-state index in [0.717, 1.165) is 12.5 Å². The zero-order valence-electron chi connectivity index (χ0n) is 10.8. The first-order valence-electron chi connectivity index (χ1n) is 6.82. The molecule has 2 rings (SSSR count). The Bertz CT molecular complexity index is 323. The third kappa shape index (κ3) is 3.55. The minimum absolute atomic E-state index is 0.163. The molecular formula is C15H24N2. The average molecular weight is 232 g/mol. The smallest absolute Gasteiger partial charge is 0.0424 e. The first-order chi connectivity index (χ1) is 8.29. The van der Waals surface area contributed by atoms with Crippen LogP contribution < -0.4 is 5.73 Å². The van der Waals surface area contributed by atoms with E-state index in [-0.39, 0.29) is 6.04 Å². The maximum Gasteiger partial charge on any atom is 0.0424 e. The van der Waals surface area contributed by atoms with E-state index in [1.165, 1.54) is 37.9 Å². The maximum atomic E-state index is 6.25. The Morgan fingerprint density at radius 3 is 2.82 bits per heavy atom. The van der Waals surface area contributed by atoms with Crippen LogP contribution in [0.25, 0.3) is 0 Å².